The van der Waals surface area contributed by atoms with Crippen LogP contribution in [0.4, 0.5) is 0 Å². The minimum absolute atomic E-state index is 0.0445. The van der Waals surface area contributed by atoms with Crippen LogP contribution in [0.1, 0.15) is 43.1 Å². The number of carbonyl (C=O) groups is 1. The first-order chi connectivity index (χ1) is 7.51. The Bertz CT molecular complexity index is 449. The van der Waals surface area contributed by atoms with Crippen molar-refractivity contribution in [3.8, 4) is 0 Å². The van der Waals surface area contributed by atoms with E-state index in [9.17, 15) is 9.59 Å². The van der Waals surface area contributed by atoms with Crippen LogP contribution in [-0.4, -0.2) is 15.6 Å². The maximum atomic E-state index is 11.9. The molecule has 0 aromatic carbocycles. The lowest BCUT2D eigenvalue weighted by Gasteiger charge is -2.17. The number of carboxylic acids is 1. The molecule has 0 saturated carbocycles. The minimum Gasteiger partial charge on any atom is -0.477 e. The summed E-state index contributed by atoms with van der Waals surface area (Å²) in [5.74, 6) is -1.19. The third-order valence-electron chi connectivity index (χ3n) is 2.58. The normalized spacial score (nSPS) is 10.8. The molecule has 0 fully saturated rings. The highest BCUT2D eigenvalue weighted by molar-refractivity contribution is 9.10. The summed E-state index contributed by atoms with van der Waals surface area (Å²) in [7, 11) is 0. The second-order valence-electron chi connectivity index (χ2n) is 3.56. The number of aromatic nitrogens is 1. The molecule has 0 saturated heterocycles. The van der Waals surface area contributed by atoms with Crippen molar-refractivity contribution in [1.82, 2.24) is 4.57 Å². The van der Waals surface area contributed by atoms with E-state index in [1.54, 1.807) is 6.20 Å². The molecule has 0 amide bonds. The van der Waals surface area contributed by atoms with Crippen molar-refractivity contribution < 1.29 is 9.90 Å². The second kappa shape index (κ2) is 5.30. The molecule has 1 N–H and O–H groups in total. The highest BCUT2D eigenvalue weighted by Crippen LogP contribution is 2.17. The standard InChI is InChI=1S/C11H14BrNO3/c1-3-8(4-2)13-6-7(12)5-9(10(13)14)11(15)16/h5-6,8H,3-4H2,1-2H3,(H,15,16). The number of aromatic carboxylic acids is 1. The maximum Gasteiger partial charge on any atom is 0.341 e. The first-order valence-corrected chi connectivity index (χ1v) is 5.95. The molecular formula is C11H14BrNO3. The molecule has 0 spiro atoms. The second-order valence-corrected chi connectivity index (χ2v) is 4.48. The quantitative estimate of drug-likeness (QED) is 0.926. The molecule has 5 heteroatoms. The SMILES string of the molecule is CCC(CC)n1cc(Br)cc(C(=O)O)c1=O. The molecule has 0 unspecified atom stereocenters. The van der Waals surface area contributed by atoms with Gasteiger partial charge in [0.05, 0.1) is 0 Å². The number of halogens is 1. The Morgan fingerprint density at radius 3 is 2.50 bits per heavy atom. The van der Waals surface area contributed by atoms with Crippen LogP contribution in [0.3, 0.4) is 0 Å². The third kappa shape index (κ3) is 2.52. The zero-order chi connectivity index (χ0) is 12.3. The van der Waals surface area contributed by atoms with Crippen molar-refractivity contribution in [2.45, 2.75) is 32.7 Å². The van der Waals surface area contributed by atoms with Gasteiger partial charge in [-0.2, -0.15) is 0 Å². The first kappa shape index (κ1) is 13.0. The average Bonchev–Trinajstić information content (AvgIpc) is 2.23. The van der Waals surface area contributed by atoms with Gasteiger partial charge in [0.15, 0.2) is 0 Å². The predicted molar refractivity (Wildman–Crippen MR) is 65.0 cm³/mol. The summed E-state index contributed by atoms with van der Waals surface area (Å²) >= 11 is 3.22. The van der Waals surface area contributed by atoms with Crippen molar-refractivity contribution in [3.05, 3.63) is 32.7 Å². The lowest BCUT2D eigenvalue weighted by atomic mass is 10.1. The maximum absolute atomic E-state index is 11.9. The Balaban J connectivity index is 3.40. The molecule has 1 rings (SSSR count). The number of rotatable bonds is 4. The molecule has 0 aliphatic rings. The summed E-state index contributed by atoms with van der Waals surface area (Å²) in [5, 5.41) is 8.91. The van der Waals surface area contributed by atoms with E-state index in [-0.39, 0.29) is 11.6 Å². The van der Waals surface area contributed by atoms with Crippen LogP contribution in [0.5, 0.6) is 0 Å². The Morgan fingerprint density at radius 2 is 2.06 bits per heavy atom. The summed E-state index contributed by atoms with van der Waals surface area (Å²) < 4.78 is 2.10. The van der Waals surface area contributed by atoms with E-state index in [4.69, 9.17) is 5.11 Å². The first-order valence-electron chi connectivity index (χ1n) is 5.16. The van der Waals surface area contributed by atoms with Crippen LogP contribution < -0.4 is 5.56 Å². The van der Waals surface area contributed by atoms with E-state index < -0.39 is 11.5 Å². The molecule has 1 heterocycles. The van der Waals surface area contributed by atoms with Gasteiger partial charge in [-0.15, -0.1) is 0 Å². The average molecular weight is 288 g/mol. The molecule has 0 aliphatic heterocycles. The zero-order valence-electron chi connectivity index (χ0n) is 9.24. The van der Waals surface area contributed by atoms with Gasteiger partial charge in [-0.1, -0.05) is 13.8 Å². The number of pyridine rings is 1. The monoisotopic (exact) mass is 287 g/mol. The van der Waals surface area contributed by atoms with Crippen molar-refractivity contribution in [2.75, 3.05) is 0 Å². The molecule has 0 bridgehead atoms. The summed E-state index contributed by atoms with van der Waals surface area (Å²) in [6.45, 7) is 3.95. The van der Waals surface area contributed by atoms with Crippen LogP contribution >= 0.6 is 15.9 Å². The van der Waals surface area contributed by atoms with Crippen molar-refractivity contribution in [2.24, 2.45) is 0 Å². The molecular weight excluding hydrogens is 274 g/mol. The van der Waals surface area contributed by atoms with Gasteiger partial charge in [0.25, 0.3) is 5.56 Å². The molecule has 16 heavy (non-hydrogen) atoms. The van der Waals surface area contributed by atoms with Gasteiger partial charge < -0.3 is 9.67 Å². The molecule has 4 nitrogen and oxygen atoms in total. The summed E-state index contributed by atoms with van der Waals surface area (Å²) in [6, 6.07) is 1.38. The highest BCUT2D eigenvalue weighted by atomic mass is 79.9. The predicted octanol–water partition coefficient (Wildman–Crippen LogP) is 2.67. The number of carboxylic acid groups (broad SMARTS) is 1. The van der Waals surface area contributed by atoms with E-state index in [1.165, 1.54) is 10.6 Å². The lowest BCUT2D eigenvalue weighted by molar-refractivity contribution is 0.0694. The van der Waals surface area contributed by atoms with Crippen molar-refractivity contribution in [1.29, 1.82) is 0 Å². The van der Waals surface area contributed by atoms with Crippen LogP contribution in [-0.2, 0) is 0 Å². The summed E-state index contributed by atoms with van der Waals surface area (Å²) in [4.78, 5) is 22.8. The number of nitrogens with zero attached hydrogens (tertiary/aromatic N) is 1. The Hall–Kier alpha value is -1.10. The third-order valence-corrected chi connectivity index (χ3v) is 3.01. The molecule has 0 atom stereocenters. The van der Waals surface area contributed by atoms with Crippen molar-refractivity contribution in [3.63, 3.8) is 0 Å². The van der Waals surface area contributed by atoms with Gasteiger partial charge in [0.1, 0.15) is 5.56 Å². The van der Waals surface area contributed by atoms with E-state index in [1.807, 2.05) is 13.8 Å². The summed E-state index contributed by atoms with van der Waals surface area (Å²) in [5.41, 5.74) is -0.634. The van der Waals surface area contributed by atoms with Crippen molar-refractivity contribution >= 4 is 21.9 Å². The Morgan fingerprint density at radius 1 is 1.50 bits per heavy atom. The van der Waals surface area contributed by atoms with Gasteiger partial charge in [-0.3, -0.25) is 4.79 Å². The zero-order valence-corrected chi connectivity index (χ0v) is 10.8. The van der Waals surface area contributed by atoms with Crippen LogP contribution in [0.15, 0.2) is 21.5 Å². The molecule has 0 radical (unpaired) electrons. The smallest absolute Gasteiger partial charge is 0.341 e. The lowest BCUT2D eigenvalue weighted by Crippen LogP contribution is -2.28. The van der Waals surface area contributed by atoms with Crippen LogP contribution in [0.2, 0.25) is 0 Å². The summed E-state index contributed by atoms with van der Waals surface area (Å²) in [6.07, 6.45) is 3.24. The fourth-order valence-corrected chi connectivity index (χ4v) is 2.12. The van der Waals surface area contributed by atoms with E-state index >= 15 is 0 Å². The minimum atomic E-state index is -1.19. The largest absolute Gasteiger partial charge is 0.477 e. The molecule has 88 valence electrons. The number of hydrogen-bond donors (Lipinski definition) is 1. The van der Waals surface area contributed by atoms with E-state index in [0.717, 1.165) is 12.8 Å². The molecule has 1 aromatic heterocycles. The van der Waals surface area contributed by atoms with E-state index in [0.29, 0.717) is 4.47 Å². The Labute approximate surface area is 102 Å². The van der Waals surface area contributed by atoms with E-state index in [2.05, 4.69) is 15.9 Å². The Kier molecular flexibility index (Phi) is 4.29. The number of hydrogen-bond acceptors (Lipinski definition) is 2. The van der Waals surface area contributed by atoms with Crippen LogP contribution in [0.25, 0.3) is 0 Å². The topological polar surface area (TPSA) is 59.3 Å². The highest BCUT2D eigenvalue weighted by Gasteiger charge is 2.16. The fraction of sp³-hybridized carbons (Fsp3) is 0.455. The van der Waals surface area contributed by atoms with Gasteiger partial charge in [-0.05, 0) is 34.8 Å². The van der Waals surface area contributed by atoms with Gasteiger partial charge >= 0.3 is 5.97 Å². The van der Waals surface area contributed by atoms with Gasteiger partial charge in [0.2, 0.25) is 0 Å². The fourth-order valence-electron chi connectivity index (χ4n) is 1.67. The van der Waals surface area contributed by atoms with Crippen LogP contribution in [0, 0.1) is 0 Å². The van der Waals surface area contributed by atoms with Gasteiger partial charge in [-0.25, -0.2) is 4.79 Å². The molecule has 1 aromatic rings. The van der Waals surface area contributed by atoms with Gasteiger partial charge in [0, 0.05) is 16.7 Å². The molecule has 0 aliphatic carbocycles.